The fraction of sp³-hybridized carbons (Fsp3) is 0.0303. The molecule has 0 aliphatic carbocycles. The van der Waals surface area contributed by atoms with E-state index in [9.17, 15) is 0 Å². The van der Waals surface area contributed by atoms with Crippen molar-refractivity contribution in [2.45, 2.75) is 6.92 Å². The van der Waals surface area contributed by atoms with Gasteiger partial charge < -0.3 is 4.42 Å². The molecule has 35 heavy (non-hydrogen) atoms. The summed E-state index contributed by atoms with van der Waals surface area (Å²) in [5.74, 6) is 0. The van der Waals surface area contributed by atoms with Gasteiger partial charge in [-0.2, -0.15) is 0 Å². The first-order chi connectivity index (χ1) is 17.2. The molecule has 2 heteroatoms. The van der Waals surface area contributed by atoms with E-state index in [0.29, 0.717) is 0 Å². The molecule has 0 radical (unpaired) electrons. The molecule has 0 fully saturated rings. The summed E-state index contributed by atoms with van der Waals surface area (Å²) < 4.78 is 6.57. The van der Waals surface area contributed by atoms with Crippen LogP contribution < -0.4 is 0 Å². The highest BCUT2D eigenvalue weighted by molar-refractivity contribution is 6.30. The van der Waals surface area contributed by atoms with Gasteiger partial charge in [-0.15, -0.1) is 0 Å². The first-order valence-corrected chi connectivity index (χ1v) is 12.2. The van der Waals surface area contributed by atoms with Gasteiger partial charge in [-0.1, -0.05) is 103 Å². The number of aryl methyl sites for hydroxylation is 1. The Kier molecular flexibility index (Phi) is 4.49. The Morgan fingerprint density at radius 3 is 1.89 bits per heavy atom. The topological polar surface area (TPSA) is 13.1 Å². The number of hydrogen-bond acceptors (Lipinski definition) is 1. The number of benzene rings is 6. The molecule has 0 N–H and O–H groups in total. The number of fused-ring (bicyclic) bond motifs is 6. The molecule has 0 aliphatic heterocycles. The summed E-state index contributed by atoms with van der Waals surface area (Å²) >= 11 is 6.29. The third kappa shape index (κ3) is 3.09. The molecule has 0 saturated carbocycles. The lowest BCUT2D eigenvalue weighted by Crippen LogP contribution is -1.92. The molecule has 0 aliphatic rings. The molecule has 7 rings (SSSR count). The molecule has 1 nitrogen and oxygen atoms in total. The average molecular weight is 469 g/mol. The van der Waals surface area contributed by atoms with E-state index in [1.165, 1.54) is 38.2 Å². The highest BCUT2D eigenvalue weighted by atomic mass is 35.5. The molecule has 0 atom stereocenters. The van der Waals surface area contributed by atoms with Gasteiger partial charge in [0.25, 0.3) is 0 Å². The zero-order valence-electron chi connectivity index (χ0n) is 19.2. The fourth-order valence-electron chi connectivity index (χ4n) is 5.44. The van der Waals surface area contributed by atoms with Gasteiger partial charge in [0, 0.05) is 26.9 Å². The third-order valence-electron chi connectivity index (χ3n) is 6.99. The second-order valence-corrected chi connectivity index (χ2v) is 9.57. The zero-order chi connectivity index (χ0) is 23.5. The number of rotatable bonds is 2. The Balaban J connectivity index is 1.71. The van der Waals surface area contributed by atoms with E-state index in [1.807, 2.05) is 12.1 Å². The van der Waals surface area contributed by atoms with Crippen LogP contribution in [0, 0.1) is 6.92 Å². The Morgan fingerprint density at radius 2 is 1.17 bits per heavy atom. The quantitative estimate of drug-likeness (QED) is 0.230. The lowest BCUT2D eigenvalue weighted by Gasteiger charge is -2.18. The second kappa shape index (κ2) is 7.73. The van der Waals surface area contributed by atoms with Crippen LogP contribution in [0.2, 0.25) is 5.02 Å². The molecule has 0 spiro atoms. The van der Waals surface area contributed by atoms with Crippen LogP contribution >= 0.6 is 11.6 Å². The summed E-state index contributed by atoms with van der Waals surface area (Å²) in [4.78, 5) is 0. The maximum absolute atomic E-state index is 6.57. The van der Waals surface area contributed by atoms with Crippen LogP contribution in [-0.2, 0) is 0 Å². The third-order valence-corrected chi connectivity index (χ3v) is 7.24. The van der Waals surface area contributed by atoms with Crippen LogP contribution in [0.5, 0.6) is 0 Å². The van der Waals surface area contributed by atoms with Crippen molar-refractivity contribution >= 4 is 55.1 Å². The lowest BCUT2D eigenvalue weighted by atomic mass is 9.84. The van der Waals surface area contributed by atoms with E-state index in [-0.39, 0.29) is 0 Å². The van der Waals surface area contributed by atoms with Gasteiger partial charge >= 0.3 is 0 Å². The number of para-hydroxylation sites is 1. The van der Waals surface area contributed by atoms with Crippen molar-refractivity contribution in [1.82, 2.24) is 0 Å². The van der Waals surface area contributed by atoms with Crippen LogP contribution in [0.25, 0.3) is 65.7 Å². The number of hydrogen-bond donors (Lipinski definition) is 0. The van der Waals surface area contributed by atoms with Gasteiger partial charge in [0.05, 0.1) is 0 Å². The van der Waals surface area contributed by atoms with Crippen molar-refractivity contribution in [2.75, 3.05) is 0 Å². The number of halogens is 1. The minimum absolute atomic E-state index is 0.732. The van der Waals surface area contributed by atoms with E-state index in [1.54, 1.807) is 0 Å². The summed E-state index contributed by atoms with van der Waals surface area (Å²) in [6.07, 6.45) is 0. The van der Waals surface area contributed by atoms with E-state index >= 15 is 0 Å². The Labute approximate surface area is 208 Å². The smallest absolute Gasteiger partial charge is 0.143 e. The summed E-state index contributed by atoms with van der Waals surface area (Å²) in [5, 5.41) is 7.91. The van der Waals surface area contributed by atoms with Crippen LogP contribution in [0.15, 0.2) is 114 Å². The van der Waals surface area contributed by atoms with Gasteiger partial charge in [0.1, 0.15) is 11.2 Å². The van der Waals surface area contributed by atoms with Crippen molar-refractivity contribution in [3.05, 3.63) is 120 Å². The Morgan fingerprint density at radius 1 is 0.543 bits per heavy atom. The second-order valence-electron chi connectivity index (χ2n) is 9.13. The molecule has 6 aromatic carbocycles. The van der Waals surface area contributed by atoms with Crippen molar-refractivity contribution in [2.24, 2.45) is 0 Å². The SMILES string of the molecule is Cc1ccc2c(c1)oc1c(-c3c(-c4ccc(Cl)cc4)c4ccccc4c4ccccc34)cccc12. The first kappa shape index (κ1) is 20.3. The van der Waals surface area contributed by atoms with Crippen molar-refractivity contribution in [3.63, 3.8) is 0 Å². The molecular weight excluding hydrogens is 448 g/mol. The lowest BCUT2D eigenvalue weighted by molar-refractivity contribution is 0.669. The van der Waals surface area contributed by atoms with Gasteiger partial charge in [-0.05, 0) is 63.4 Å². The zero-order valence-corrected chi connectivity index (χ0v) is 19.9. The van der Waals surface area contributed by atoms with Crippen LogP contribution in [-0.4, -0.2) is 0 Å². The van der Waals surface area contributed by atoms with Crippen molar-refractivity contribution in [1.29, 1.82) is 0 Å². The molecule has 166 valence electrons. The first-order valence-electron chi connectivity index (χ1n) is 11.8. The molecule has 7 aromatic rings. The van der Waals surface area contributed by atoms with Crippen LogP contribution in [0.1, 0.15) is 5.56 Å². The minimum Gasteiger partial charge on any atom is -0.455 e. The molecule has 1 heterocycles. The predicted molar refractivity (Wildman–Crippen MR) is 149 cm³/mol. The van der Waals surface area contributed by atoms with E-state index in [0.717, 1.165) is 38.1 Å². The standard InChI is InChI=1S/C33H21ClO/c1-20-13-18-25-28-11-6-12-29(33(28)35-30(25)19-20)32-27-10-5-3-8-24(27)23-7-2-4-9-26(23)31(32)21-14-16-22(34)17-15-21/h2-19H,1H3. The maximum Gasteiger partial charge on any atom is 0.143 e. The highest BCUT2D eigenvalue weighted by Gasteiger charge is 2.21. The predicted octanol–water partition coefficient (Wildman–Crippen LogP) is 10.2. The monoisotopic (exact) mass is 468 g/mol. The van der Waals surface area contributed by atoms with E-state index < -0.39 is 0 Å². The average Bonchev–Trinajstić information content (AvgIpc) is 3.26. The molecule has 0 saturated heterocycles. The van der Waals surface area contributed by atoms with Gasteiger partial charge in [0.2, 0.25) is 0 Å². The molecule has 0 unspecified atom stereocenters. The van der Waals surface area contributed by atoms with Crippen molar-refractivity contribution in [3.8, 4) is 22.3 Å². The minimum atomic E-state index is 0.732. The van der Waals surface area contributed by atoms with Gasteiger partial charge in [-0.25, -0.2) is 0 Å². The van der Waals surface area contributed by atoms with E-state index in [4.69, 9.17) is 16.0 Å². The van der Waals surface area contributed by atoms with Crippen LogP contribution in [0.3, 0.4) is 0 Å². The van der Waals surface area contributed by atoms with Crippen molar-refractivity contribution < 1.29 is 4.42 Å². The highest BCUT2D eigenvalue weighted by Crippen LogP contribution is 2.47. The maximum atomic E-state index is 6.57. The van der Waals surface area contributed by atoms with E-state index in [2.05, 4.69) is 104 Å². The van der Waals surface area contributed by atoms with Gasteiger partial charge in [-0.3, -0.25) is 0 Å². The fourth-order valence-corrected chi connectivity index (χ4v) is 5.57. The summed E-state index contributed by atoms with van der Waals surface area (Å²) in [7, 11) is 0. The largest absolute Gasteiger partial charge is 0.455 e. The Bertz CT molecular complexity index is 1910. The molecule has 0 amide bonds. The summed E-state index contributed by atoms with van der Waals surface area (Å²) in [6.45, 7) is 2.10. The summed E-state index contributed by atoms with van der Waals surface area (Å²) in [5.41, 5.74) is 7.65. The molecular formula is C33H21ClO. The Hall–Kier alpha value is -4.07. The van der Waals surface area contributed by atoms with Crippen LogP contribution in [0.4, 0.5) is 0 Å². The normalized spacial score (nSPS) is 11.7. The summed E-state index contributed by atoms with van der Waals surface area (Å²) in [6, 6.07) is 38.4. The molecule has 0 bridgehead atoms. The molecule has 1 aromatic heterocycles. The number of furan rings is 1. The van der Waals surface area contributed by atoms with Gasteiger partial charge in [0.15, 0.2) is 0 Å².